The van der Waals surface area contributed by atoms with Crippen LogP contribution in [0, 0.1) is 0 Å². The molecule has 0 saturated carbocycles. The highest BCUT2D eigenvalue weighted by atomic mass is 32.1. The van der Waals surface area contributed by atoms with Crippen molar-refractivity contribution in [3.8, 4) is 5.75 Å². The maximum atomic E-state index is 5.51. The molecule has 0 aliphatic rings. The Morgan fingerprint density at radius 1 is 1.35 bits per heavy atom. The van der Waals surface area contributed by atoms with Crippen molar-refractivity contribution in [2.24, 2.45) is 0 Å². The van der Waals surface area contributed by atoms with E-state index in [-0.39, 0.29) is 0 Å². The first-order valence-electron chi connectivity index (χ1n) is 4.95. The predicted molar refractivity (Wildman–Crippen MR) is 71.3 cm³/mol. The molecule has 1 heterocycles. The Kier molecular flexibility index (Phi) is 3.24. The van der Waals surface area contributed by atoms with Gasteiger partial charge in [-0.1, -0.05) is 0 Å². The van der Waals surface area contributed by atoms with Gasteiger partial charge in [0.2, 0.25) is 0 Å². The quantitative estimate of drug-likeness (QED) is 0.792. The average Bonchev–Trinajstić information content (AvgIpc) is 2.77. The molecule has 0 fully saturated rings. The Labute approximate surface area is 104 Å². The first-order valence-corrected chi connectivity index (χ1v) is 5.36. The number of hydrogen-bond acceptors (Lipinski definition) is 4. The van der Waals surface area contributed by atoms with Crippen LogP contribution >= 0.6 is 12.2 Å². The van der Waals surface area contributed by atoms with Gasteiger partial charge in [0.05, 0.1) is 7.11 Å². The number of nitrogens with two attached hydrogens (primary N) is 1. The number of nitrogen functional groups attached to an aromatic ring is 1. The zero-order chi connectivity index (χ0) is 12.3. The van der Waals surface area contributed by atoms with Gasteiger partial charge in [-0.15, -0.1) is 5.10 Å². The monoisotopic (exact) mass is 248 g/mol. The Balaban J connectivity index is 2.07. The van der Waals surface area contributed by atoms with Crippen molar-refractivity contribution < 1.29 is 4.74 Å². The van der Waals surface area contributed by atoms with Gasteiger partial charge >= 0.3 is 0 Å². The number of hydrogen-bond donors (Lipinski definition) is 2. The molecule has 0 spiro atoms. The van der Waals surface area contributed by atoms with Crippen molar-refractivity contribution in [1.29, 1.82) is 0 Å². The van der Waals surface area contributed by atoms with E-state index in [1.54, 1.807) is 19.4 Å². The molecule has 1 aromatic heterocycles. The van der Waals surface area contributed by atoms with E-state index in [2.05, 4.69) is 10.4 Å². The number of benzene rings is 1. The van der Waals surface area contributed by atoms with E-state index in [1.165, 1.54) is 4.68 Å². The summed E-state index contributed by atoms with van der Waals surface area (Å²) in [6.07, 6.45) is 1.70. The van der Waals surface area contributed by atoms with E-state index in [4.69, 9.17) is 22.7 Å². The molecule has 0 atom stereocenters. The molecular formula is C11H12N4OS. The fourth-order valence-electron chi connectivity index (χ4n) is 1.31. The van der Waals surface area contributed by atoms with Crippen molar-refractivity contribution in [2.45, 2.75) is 0 Å². The summed E-state index contributed by atoms with van der Waals surface area (Å²) in [5.74, 6) is 1.23. The number of thiocarbonyl (C=S) groups is 1. The minimum atomic E-state index is 0.434. The van der Waals surface area contributed by atoms with Gasteiger partial charge in [-0.05, 0) is 36.5 Å². The van der Waals surface area contributed by atoms with Crippen molar-refractivity contribution >= 4 is 28.8 Å². The third-order valence-electron chi connectivity index (χ3n) is 2.16. The predicted octanol–water partition coefficient (Wildman–Crippen LogP) is 1.72. The van der Waals surface area contributed by atoms with Gasteiger partial charge < -0.3 is 15.8 Å². The van der Waals surface area contributed by atoms with Crippen molar-refractivity contribution in [3.05, 3.63) is 36.5 Å². The molecule has 0 aliphatic heterocycles. The summed E-state index contributed by atoms with van der Waals surface area (Å²) in [6.45, 7) is 0. The first-order chi connectivity index (χ1) is 8.19. The second-order valence-corrected chi connectivity index (χ2v) is 3.73. The molecule has 2 rings (SSSR count). The van der Waals surface area contributed by atoms with Crippen LogP contribution in [0.3, 0.4) is 0 Å². The molecule has 17 heavy (non-hydrogen) atoms. The summed E-state index contributed by atoms with van der Waals surface area (Å²) in [5, 5.41) is 7.51. The van der Waals surface area contributed by atoms with Crippen LogP contribution in [0.1, 0.15) is 0 Å². The zero-order valence-electron chi connectivity index (χ0n) is 9.25. The second-order valence-electron chi connectivity index (χ2n) is 3.34. The normalized spacial score (nSPS) is 9.94. The highest BCUT2D eigenvalue weighted by Gasteiger charge is 2.02. The minimum Gasteiger partial charge on any atom is -0.497 e. The van der Waals surface area contributed by atoms with Crippen LogP contribution in [0.5, 0.6) is 5.75 Å². The Hall–Kier alpha value is -2.08. The molecule has 5 nitrogen and oxygen atoms in total. The molecule has 1 aromatic carbocycles. The van der Waals surface area contributed by atoms with Gasteiger partial charge in [0.25, 0.3) is 0 Å². The van der Waals surface area contributed by atoms with E-state index in [0.717, 1.165) is 11.4 Å². The SMILES string of the molecule is COc1ccc(NC(=S)n2ccc(N)n2)cc1. The Bertz CT molecular complexity index is 521. The number of nitrogens with one attached hydrogen (secondary N) is 1. The summed E-state index contributed by atoms with van der Waals surface area (Å²) >= 11 is 5.18. The van der Waals surface area contributed by atoms with E-state index in [9.17, 15) is 0 Å². The summed E-state index contributed by atoms with van der Waals surface area (Å²) in [4.78, 5) is 0. The maximum absolute atomic E-state index is 5.51. The molecule has 0 bridgehead atoms. The highest BCUT2D eigenvalue weighted by molar-refractivity contribution is 7.80. The number of ether oxygens (including phenoxy) is 1. The molecule has 0 unspecified atom stereocenters. The number of methoxy groups -OCH3 is 1. The number of anilines is 2. The molecule has 0 amide bonds. The highest BCUT2D eigenvalue weighted by Crippen LogP contribution is 2.15. The Morgan fingerprint density at radius 2 is 2.06 bits per heavy atom. The average molecular weight is 248 g/mol. The van der Waals surface area contributed by atoms with E-state index in [1.807, 2.05) is 24.3 Å². The fraction of sp³-hybridized carbons (Fsp3) is 0.0909. The first kappa shape index (κ1) is 11.4. The molecular weight excluding hydrogens is 236 g/mol. The topological polar surface area (TPSA) is 65.1 Å². The second kappa shape index (κ2) is 4.84. The smallest absolute Gasteiger partial charge is 0.198 e. The lowest BCUT2D eigenvalue weighted by molar-refractivity contribution is 0.415. The lowest BCUT2D eigenvalue weighted by Crippen LogP contribution is -2.19. The van der Waals surface area contributed by atoms with Crippen LogP contribution in [0.25, 0.3) is 0 Å². The maximum Gasteiger partial charge on any atom is 0.198 e. The fourth-order valence-corrected chi connectivity index (χ4v) is 1.53. The van der Waals surface area contributed by atoms with E-state index >= 15 is 0 Å². The third-order valence-corrected chi connectivity index (χ3v) is 2.45. The van der Waals surface area contributed by atoms with Crippen LogP contribution in [-0.2, 0) is 0 Å². The van der Waals surface area contributed by atoms with Crippen LogP contribution in [0.4, 0.5) is 11.5 Å². The number of rotatable bonds is 2. The molecule has 3 N–H and O–H groups in total. The minimum absolute atomic E-state index is 0.434. The molecule has 6 heteroatoms. The summed E-state index contributed by atoms with van der Waals surface area (Å²) < 4.78 is 6.58. The van der Waals surface area contributed by atoms with Gasteiger partial charge in [0.1, 0.15) is 11.6 Å². The largest absolute Gasteiger partial charge is 0.497 e. The van der Waals surface area contributed by atoms with Crippen LogP contribution < -0.4 is 15.8 Å². The van der Waals surface area contributed by atoms with Gasteiger partial charge in [-0.2, -0.15) is 0 Å². The van der Waals surface area contributed by atoms with Crippen molar-refractivity contribution in [2.75, 3.05) is 18.2 Å². The van der Waals surface area contributed by atoms with Crippen LogP contribution in [0.2, 0.25) is 0 Å². The third kappa shape index (κ3) is 2.73. The molecule has 88 valence electrons. The van der Waals surface area contributed by atoms with Crippen molar-refractivity contribution in [1.82, 2.24) is 9.78 Å². The Morgan fingerprint density at radius 3 is 2.59 bits per heavy atom. The van der Waals surface area contributed by atoms with Gasteiger partial charge in [-0.25, -0.2) is 4.68 Å². The molecule has 2 aromatic rings. The van der Waals surface area contributed by atoms with Gasteiger partial charge in [0.15, 0.2) is 5.11 Å². The summed E-state index contributed by atoms with van der Waals surface area (Å²) in [5.41, 5.74) is 6.38. The molecule has 0 saturated heterocycles. The van der Waals surface area contributed by atoms with Crippen LogP contribution in [0.15, 0.2) is 36.5 Å². The number of nitrogens with zero attached hydrogens (tertiary/aromatic N) is 2. The molecule has 0 radical (unpaired) electrons. The zero-order valence-corrected chi connectivity index (χ0v) is 10.1. The number of aromatic nitrogens is 2. The summed E-state index contributed by atoms with van der Waals surface area (Å²) in [7, 11) is 1.62. The lowest BCUT2D eigenvalue weighted by atomic mass is 10.3. The van der Waals surface area contributed by atoms with Gasteiger partial charge in [0, 0.05) is 18.0 Å². The lowest BCUT2D eigenvalue weighted by Gasteiger charge is -2.08. The standard InChI is InChI=1S/C11H12N4OS/c1-16-9-4-2-8(3-5-9)13-11(17)15-7-6-10(12)14-15/h2-7H,1H3,(H2,12,14)(H,13,17). The van der Waals surface area contributed by atoms with E-state index < -0.39 is 0 Å². The summed E-state index contributed by atoms with van der Waals surface area (Å²) in [6, 6.07) is 9.13. The molecule has 0 aliphatic carbocycles. The van der Waals surface area contributed by atoms with Crippen LogP contribution in [-0.4, -0.2) is 22.0 Å². The van der Waals surface area contributed by atoms with Gasteiger partial charge in [-0.3, -0.25) is 0 Å². The van der Waals surface area contributed by atoms with E-state index in [0.29, 0.717) is 10.9 Å². The van der Waals surface area contributed by atoms with Crippen molar-refractivity contribution in [3.63, 3.8) is 0 Å².